The Labute approximate surface area is 76.6 Å². The molecular formula is H21ClO12. The van der Waals surface area contributed by atoms with Gasteiger partial charge in [0.1, 0.15) is 0 Å². The van der Waals surface area contributed by atoms with Crippen LogP contribution in [0.15, 0.2) is 0 Å². The first-order valence-electron chi connectivity index (χ1n) is 0.323. The highest BCUT2D eigenvalue weighted by atomic mass is 35.6. The van der Waals surface area contributed by atoms with E-state index in [1.807, 2.05) is 0 Å². The third-order valence-corrected chi connectivity index (χ3v) is 0. The molecule has 0 saturated carbocycles. The van der Waals surface area contributed by atoms with Crippen molar-refractivity contribution >= 4 is 0 Å². The second-order valence-electron chi connectivity index (χ2n) is 0.0690. The summed E-state index contributed by atoms with van der Waals surface area (Å²) in [4.78, 5) is 0. The minimum absolute atomic E-state index is 0. The molecule has 21 N–H and O–H groups in total. The van der Waals surface area contributed by atoms with Crippen molar-refractivity contribution in [2.75, 3.05) is 0 Å². The van der Waals surface area contributed by atoms with Crippen molar-refractivity contribution in [3.05, 3.63) is 0 Å². The zero-order valence-corrected chi connectivity index (χ0v) is 6.99. The van der Waals surface area contributed by atoms with Crippen LogP contribution in [-0.2, 0) is 0 Å². The molecule has 0 aromatic heterocycles. The number of halogens is 1. The first kappa shape index (κ1) is 545. The van der Waals surface area contributed by atoms with Gasteiger partial charge >= 0.3 is 11.3 Å². The maximum atomic E-state index is 8.35. The summed E-state index contributed by atoms with van der Waals surface area (Å²) in [5.41, 5.74) is 0. The van der Waals surface area contributed by atoms with E-state index in [1.165, 1.54) is 0 Å². The molecule has 0 aliphatic carbocycles. The summed E-state index contributed by atoms with van der Waals surface area (Å²) >= 11 is -0.167. The monoisotopic (exact) mass is 248 g/mol. The summed E-state index contributed by atoms with van der Waals surface area (Å²) in [6, 6.07) is 0. The molecule has 0 radical (unpaired) electrons. The standard InChI is InChI=1S/ClHO2.10H2O/c2-1-3;;;;;;;;;;/h2H;10*1H2. The van der Waals surface area contributed by atoms with Crippen molar-refractivity contribution in [3.63, 3.8) is 0 Å². The zero-order chi connectivity index (χ0) is 2.71. The van der Waals surface area contributed by atoms with Crippen LogP contribution >= 0.6 is 0 Å². The lowest BCUT2D eigenvalue weighted by molar-refractivity contribution is -1.27. The van der Waals surface area contributed by atoms with Gasteiger partial charge in [0.15, 0.2) is 0 Å². The van der Waals surface area contributed by atoms with E-state index in [4.69, 9.17) is 9.32 Å². The lowest BCUT2D eigenvalue weighted by Crippen LogP contribution is -1.94. The second kappa shape index (κ2) is 2100. The van der Waals surface area contributed by atoms with Crippen LogP contribution < -0.4 is 4.66 Å². The first-order chi connectivity index (χ1) is 1.41. The van der Waals surface area contributed by atoms with Crippen molar-refractivity contribution in [2.24, 2.45) is 0 Å². The highest BCUT2D eigenvalue weighted by Crippen LogP contribution is 1.13. The summed E-state index contributed by atoms with van der Waals surface area (Å²) < 4.78 is 15.2. The number of rotatable bonds is 0. The summed E-state index contributed by atoms with van der Waals surface area (Å²) in [6.45, 7) is 0. The lowest BCUT2D eigenvalue weighted by Gasteiger charge is -1.46. The predicted molar refractivity (Wildman–Crippen MR) is 38.4 cm³/mol. The predicted octanol–water partition coefficient (Wildman–Crippen LogP) is -9.99. The molecule has 13 heteroatoms. The Morgan fingerprint density at radius 2 is 0.538 bits per heavy atom. The fourth-order valence-corrected chi connectivity index (χ4v) is 0. The van der Waals surface area contributed by atoms with Crippen molar-refractivity contribution in [3.8, 4) is 0 Å². The topological polar surface area (TPSA) is 358 Å². The van der Waals surface area contributed by atoms with Gasteiger partial charge in [-0.3, -0.25) is 0 Å². The SMILES string of the molecule is O.O.O.O.O.O.O.O.O.O.[O-][Cl+]O. The summed E-state index contributed by atoms with van der Waals surface area (Å²) in [7, 11) is 0. The lowest BCUT2D eigenvalue weighted by atomic mass is 15.9. The maximum Gasteiger partial charge on any atom is 0.327 e. The summed E-state index contributed by atoms with van der Waals surface area (Å²) in [5, 5.41) is 0. The van der Waals surface area contributed by atoms with Gasteiger partial charge in [0.25, 0.3) is 0 Å². The smallest absolute Gasteiger partial charge is 0.327 e. The molecule has 0 aliphatic rings. The van der Waals surface area contributed by atoms with E-state index < -0.39 is 0 Å². The van der Waals surface area contributed by atoms with Gasteiger partial charge in [-0.1, -0.05) is 0 Å². The fourth-order valence-electron chi connectivity index (χ4n) is 0. The molecular weight excluding hydrogens is 227 g/mol. The molecule has 0 heterocycles. The molecule has 0 amide bonds. The minimum atomic E-state index is -0.167. The molecule has 13 heavy (non-hydrogen) atoms. The Hall–Kier alpha value is -0.190. The normalized spacial score (nSPS) is 1.38. The van der Waals surface area contributed by atoms with Gasteiger partial charge in [-0.15, -0.1) is 4.66 Å². The van der Waals surface area contributed by atoms with Crippen LogP contribution in [0.25, 0.3) is 0 Å². The minimum Gasteiger partial charge on any atom is -0.506 e. The van der Waals surface area contributed by atoms with Gasteiger partial charge in [-0.25, -0.2) is 0 Å². The van der Waals surface area contributed by atoms with Crippen LogP contribution in [0.4, 0.5) is 0 Å². The molecule has 0 aromatic rings. The second-order valence-corrected chi connectivity index (χ2v) is 0.207. The van der Waals surface area contributed by atoms with Crippen molar-refractivity contribution < 1.29 is 75.4 Å². The average molecular weight is 249 g/mol. The van der Waals surface area contributed by atoms with Crippen LogP contribution in [0.2, 0.25) is 0 Å². The zero-order valence-electron chi connectivity index (χ0n) is 6.23. The molecule has 0 bridgehead atoms. The summed E-state index contributed by atoms with van der Waals surface area (Å²) in [5.74, 6) is 0. The highest BCUT2D eigenvalue weighted by molar-refractivity contribution is 1.71. The van der Waals surface area contributed by atoms with Crippen LogP contribution in [-0.4, -0.2) is 59.4 Å². The molecule has 0 saturated heterocycles. The third kappa shape index (κ3) is 31500. The van der Waals surface area contributed by atoms with E-state index in [2.05, 4.69) is 0 Å². The van der Waals surface area contributed by atoms with Crippen molar-refractivity contribution in [2.45, 2.75) is 0 Å². The van der Waals surface area contributed by atoms with Crippen LogP contribution in [0.5, 0.6) is 0 Å². The van der Waals surface area contributed by atoms with E-state index in [0.29, 0.717) is 0 Å². The Morgan fingerprint density at radius 3 is 0.538 bits per heavy atom. The molecule has 0 atom stereocenters. The molecule has 0 rings (SSSR count). The molecule has 12 nitrogen and oxygen atoms in total. The van der Waals surface area contributed by atoms with Gasteiger partial charge in [-0.2, -0.15) is 0 Å². The Kier molecular flexibility index (Phi) is 88200. The van der Waals surface area contributed by atoms with Crippen LogP contribution in [0.3, 0.4) is 0 Å². The Balaban J connectivity index is -0.000000000444. The van der Waals surface area contributed by atoms with E-state index in [1.54, 1.807) is 0 Å². The highest BCUT2D eigenvalue weighted by Gasteiger charge is 1.47. The van der Waals surface area contributed by atoms with E-state index in [-0.39, 0.29) is 66.1 Å². The third-order valence-electron chi connectivity index (χ3n) is 0. The summed E-state index contributed by atoms with van der Waals surface area (Å²) in [6.07, 6.45) is 0. The molecule has 0 unspecified atom stereocenters. The van der Waals surface area contributed by atoms with E-state index in [9.17, 15) is 0 Å². The van der Waals surface area contributed by atoms with Crippen LogP contribution in [0, 0.1) is 11.3 Å². The maximum absolute atomic E-state index is 8.35. The fraction of sp³-hybridized carbons (Fsp3) is 0. The molecule has 0 aliphatic heterocycles. The quantitative estimate of drug-likeness (QED) is 0.435. The Morgan fingerprint density at radius 1 is 0.538 bits per heavy atom. The van der Waals surface area contributed by atoms with Crippen LogP contribution in [0.1, 0.15) is 0 Å². The van der Waals surface area contributed by atoms with Crippen molar-refractivity contribution in [1.29, 1.82) is 0 Å². The van der Waals surface area contributed by atoms with Crippen molar-refractivity contribution in [1.82, 2.24) is 0 Å². The van der Waals surface area contributed by atoms with Gasteiger partial charge in [-0.05, 0) is 0 Å². The molecule has 0 spiro atoms. The number of hydrogen-bond donors (Lipinski definition) is 1. The van der Waals surface area contributed by atoms with Gasteiger partial charge in [0.2, 0.25) is 0 Å². The average Bonchev–Trinajstić information content (AvgIpc) is 0.918. The molecule has 0 aromatic carbocycles. The molecule has 0 fully saturated rings. The first-order valence-corrected chi connectivity index (χ1v) is 0.970. The van der Waals surface area contributed by atoms with Gasteiger partial charge < -0.3 is 59.4 Å². The van der Waals surface area contributed by atoms with Gasteiger partial charge in [0.05, 0.1) is 0 Å². The molecule has 100 valence electrons. The van der Waals surface area contributed by atoms with Gasteiger partial charge in [0, 0.05) is 0 Å². The largest absolute Gasteiger partial charge is 0.506 e. The van der Waals surface area contributed by atoms with E-state index in [0.717, 1.165) is 0 Å². The van der Waals surface area contributed by atoms with E-state index >= 15 is 0 Å². The number of hydrogen-bond acceptors (Lipinski definition) is 2. The Bertz CT molecular complexity index is 5.09.